The molecule has 1 rings (SSSR count). The Balaban J connectivity index is 3.44. The molecule has 0 radical (unpaired) electrons. The molecule has 0 aliphatic heterocycles. The lowest BCUT2D eigenvalue weighted by atomic mass is 10.1. The predicted octanol–water partition coefficient (Wildman–Crippen LogP) is 2.40. The molecule has 15 heavy (non-hydrogen) atoms. The van der Waals surface area contributed by atoms with E-state index in [0.717, 1.165) is 14.2 Å². The zero-order valence-corrected chi connectivity index (χ0v) is 8.04. The first-order valence-corrected chi connectivity index (χ1v) is 3.92. The van der Waals surface area contributed by atoms with Gasteiger partial charge in [0.2, 0.25) is 11.6 Å². The topological polar surface area (TPSA) is 18.5 Å². The van der Waals surface area contributed by atoms with E-state index in [2.05, 4.69) is 9.47 Å². The van der Waals surface area contributed by atoms with Gasteiger partial charge < -0.3 is 9.47 Å². The lowest BCUT2D eigenvalue weighted by Crippen LogP contribution is -2.07. The monoisotopic (exact) mass is 224 g/mol. The Morgan fingerprint density at radius 2 is 1.33 bits per heavy atom. The van der Waals surface area contributed by atoms with Crippen molar-refractivity contribution >= 4 is 0 Å². The summed E-state index contributed by atoms with van der Waals surface area (Å²) in [5.74, 6) is -7.23. The highest BCUT2D eigenvalue weighted by molar-refractivity contribution is 5.34. The number of rotatable bonds is 3. The van der Waals surface area contributed by atoms with Crippen LogP contribution in [0.25, 0.3) is 0 Å². The highest BCUT2D eigenvalue weighted by Gasteiger charge is 2.25. The SMILES string of the molecule is COCc1c(F)c(F)c(OC)c(F)c1F. The van der Waals surface area contributed by atoms with Crippen LogP contribution in [0.3, 0.4) is 0 Å². The fourth-order valence-electron chi connectivity index (χ4n) is 1.11. The largest absolute Gasteiger partial charge is 0.491 e. The van der Waals surface area contributed by atoms with Crippen molar-refractivity contribution in [1.29, 1.82) is 0 Å². The van der Waals surface area contributed by atoms with Gasteiger partial charge in [-0.2, -0.15) is 8.78 Å². The normalized spacial score (nSPS) is 10.5. The molecule has 0 spiro atoms. The van der Waals surface area contributed by atoms with Gasteiger partial charge in [0.25, 0.3) is 0 Å². The Bertz CT molecular complexity index is 350. The summed E-state index contributed by atoms with van der Waals surface area (Å²) >= 11 is 0. The molecule has 0 amide bonds. The van der Waals surface area contributed by atoms with Gasteiger partial charge in [-0.1, -0.05) is 0 Å². The van der Waals surface area contributed by atoms with Crippen molar-refractivity contribution < 1.29 is 27.0 Å². The zero-order valence-electron chi connectivity index (χ0n) is 8.04. The summed E-state index contributed by atoms with van der Waals surface area (Å²) in [5, 5.41) is 0. The van der Waals surface area contributed by atoms with Crippen LogP contribution in [0.15, 0.2) is 0 Å². The van der Waals surface area contributed by atoms with Crippen molar-refractivity contribution in [2.45, 2.75) is 6.61 Å². The van der Waals surface area contributed by atoms with Crippen molar-refractivity contribution in [3.63, 3.8) is 0 Å². The first kappa shape index (κ1) is 11.8. The van der Waals surface area contributed by atoms with E-state index < -0.39 is 41.2 Å². The Morgan fingerprint density at radius 3 is 1.67 bits per heavy atom. The summed E-state index contributed by atoms with van der Waals surface area (Å²) in [5.41, 5.74) is -0.798. The second kappa shape index (κ2) is 4.48. The first-order chi connectivity index (χ1) is 7.04. The van der Waals surface area contributed by atoms with E-state index in [1.165, 1.54) is 0 Å². The summed E-state index contributed by atoms with van der Waals surface area (Å²) in [6.07, 6.45) is 0. The molecule has 1 aromatic carbocycles. The van der Waals surface area contributed by atoms with Crippen molar-refractivity contribution in [1.82, 2.24) is 0 Å². The van der Waals surface area contributed by atoms with Crippen LogP contribution in [0.2, 0.25) is 0 Å². The molecule has 1 aromatic rings. The molecule has 0 saturated heterocycles. The molecular weight excluding hydrogens is 216 g/mol. The smallest absolute Gasteiger partial charge is 0.204 e. The predicted molar refractivity (Wildman–Crippen MR) is 43.5 cm³/mol. The Labute approximate surface area is 83.4 Å². The standard InChI is InChI=1S/C9H8F4O2/c1-14-3-4-5(10)7(12)9(15-2)8(13)6(4)11/h3H2,1-2H3. The number of methoxy groups -OCH3 is 2. The molecule has 0 unspecified atom stereocenters. The van der Waals surface area contributed by atoms with Crippen molar-refractivity contribution in [3.8, 4) is 5.75 Å². The Hall–Kier alpha value is -1.30. The van der Waals surface area contributed by atoms with Crippen LogP contribution in [0.4, 0.5) is 17.6 Å². The number of hydrogen-bond donors (Lipinski definition) is 0. The molecule has 0 aliphatic carbocycles. The van der Waals surface area contributed by atoms with E-state index in [1.807, 2.05) is 0 Å². The van der Waals surface area contributed by atoms with Gasteiger partial charge in [-0.05, 0) is 0 Å². The minimum absolute atomic E-state index is 0.560. The maximum atomic E-state index is 13.1. The van der Waals surface area contributed by atoms with Gasteiger partial charge in [-0.15, -0.1) is 0 Å². The molecule has 0 saturated carbocycles. The molecule has 84 valence electrons. The highest BCUT2D eigenvalue weighted by atomic mass is 19.2. The maximum absolute atomic E-state index is 13.1. The van der Waals surface area contributed by atoms with Crippen LogP contribution < -0.4 is 4.74 Å². The Kier molecular flexibility index (Phi) is 3.52. The average Bonchev–Trinajstić information content (AvgIpc) is 2.23. The fourth-order valence-corrected chi connectivity index (χ4v) is 1.11. The molecular formula is C9H8F4O2. The molecule has 0 bridgehead atoms. The molecule has 0 heterocycles. The van der Waals surface area contributed by atoms with Crippen LogP contribution in [0.5, 0.6) is 5.75 Å². The van der Waals surface area contributed by atoms with Crippen LogP contribution in [-0.4, -0.2) is 14.2 Å². The molecule has 0 aromatic heterocycles. The van der Waals surface area contributed by atoms with E-state index in [9.17, 15) is 17.6 Å². The minimum atomic E-state index is -1.57. The minimum Gasteiger partial charge on any atom is -0.491 e. The molecule has 0 N–H and O–H groups in total. The lowest BCUT2D eigenvalue weighted by Gasteiger charge is -2.09. The summed E-state index contributed by atoms with van der Waals surface area (Å²) in [4.78, 5) is 0. The van der Waals surface area contributed by atoms with Crippen molar-refractivity contribution in [2.75, 3.05) is 14.2 Å². The first-order valence-electron chi connectivity index (χ1n) is 3.92. The number of ether oxygens (including phenoxy) is 2. The maximum Gasteiger partial charge on any atom is 0.204 e. The molecule has 0 fully saturated rings. The number of hydrogen-bond acceptors (Lipinski definition) is 2. The molecule has 0 aliphatic rings. The van der Waals surface area contributed by atoms with Crippen LogP contribution >= 0.6 is 0 Å². The Morgan fingerprint density at radius 1 is 0.867 bits per heavy atom. The third kappa shape index (κ3) is 1.90. The summed E-state index contributed by atoms with van der Waals surface area (Å²) in [6, 6.07) is 0. The van der Waals surface area contributed by atoms with E-state index in [-0.39, 0.29) is 0 Å². The lowest BCUT2D eigenvalue weighted by molar-refractivity contribution is 0.174. The zero-order chi connectivity index (χ0) is 11.6. The second-order valence-electron chi connectivity index (χ2n) is 2.70. The fraction of sp³-hybridized carbons (Fsp3) is 0.333. The van der Waals surface area contributed by atoms with E-state index in [0.29, 0.717) is 0 Å². The van der Waals surface area contributed by atoms with Crippen LogP contribution in [0.1, 0.15) is 5.56 Å². The third-order valence-corrected chi connectivity index (χ3v) is 1.81. The van der Waals surface area contributed by atoms with Gasteiger partial charge in [0.05, 0.1) is 19.3 Å². The van der Waals surface area contributed by atoms with Gasteiger partial charge in [0, 0.05) is 7.11 Å². The van der Waals surface area contributed by atoms with Crippen molar-refractivity contribution in [2.24, 2.45) is 0 Å². The van der Waals surface area contributed by atoms with Gasteiger partial charge in [0.1, 0.15) is 0 Å². The molecule has 0 atom stereocenters. The molecule has 2 nitrogen and oxygen atoms in total. The summed E-state index contributed by atoms with van der Waals surface area (Å²) in [7, 11) is 2.06. The van der Waals surface area contributed by atoms with Crippen LogP contribution in [-0.2, 0) is 11.3 Å². The summed E-state index contributed by atoms with van der Waals surface area (Å²) in [6.45, 7) is -0.560. The van der Waals surface area contributed by atoms with Crippen molar-refractivity contribution in [3.05, 3.63) is 28.8 Å². The third-order valence-electron chi connectivity index (χ3n) is 1.81. The second-order valence-corrected chi connectivity index (χ2v) is 2.70. The van der Waals surface area contributed by atoms with E-state index in [4.69, 9.17) is 0 Å². The van der Waals surface area contributed by atoms with Gasteiger partial charge in [-0.3, -0.25) is 0 Å². The summed E-state index contributed by atoms with van der Waals surface area (Å²) < 4.78 is 61.0. The van der Waals surface area contributed by atoms with Crippen LogP contribution in [0, 0.1) is 23.3 Å². The van der Waals surface area contributed by atoms with Gasteiger partial charge in [0.15, 0.2) is 17.4 Å². The van der Waals surface area contributed by atoms with Gasteiger partial charge in [-0.25, -0.2) is 8.78 Å². The van der Waals surface area contributed by atoms with Gasteiger partial charge >= 0.3 is 0 Å². The highest BCUT2D eigenvalue weighted by Crippen LogP contribution is 2.29. The molecule has 6 heteroatoms. The average molecular weight is 224 g/mol. The number of halogens is 4. The van der Waals surface area contributed by atoms with E-state index >= 15 is 0 Å². The van der Waals surface area contributed by atoms with E-state index in [1.54, 1.807) is 0 Å². The number of benzene rings is 1. The quantitative estimate of drug-likeness (QED) is 0.579.